The summed E-state index contributed by atoms with van der Waals surface area (Å²) >= 11 is 0. The molecular weight excluding hydrogens is 280 g/mol. The molecule has 1 N–H and O–H groups in total. The molecule has 1 aromatic rings. The number of benzene rings is 1. The summed E-state index contributed by atoms with van der Waals surface area (Å²) in [5, 5.41) is 9.65. The number of piperazine rings is 1. The summed E-state index contributed by atoms with van der Waals surface area (Å²) in [6.45, 7) is 8.26. The normalized spacial score (nSPS) is 20.0. The molecule has 1 aromatic carbocycles. The molecule has 5 heteroatoms. The van der Waals surface area contributed by atoms with Crippen LogP contribution in [0.5, 0.6) is 0 Å². The summed E-state index contributed by atoms with van der Waals surface area (Å²) in [6.07, 6.45) is -0.301. The molecule has 1 aliphatic heterocycles. The Bertz CT molecular complexity index is 484. The Labute approximate surface area is 132 Å². The molecule has 22 heavy (non-hydrogen) atoms. The van der Waals surface area contributed by atoms with E-state index in [1.807, 2.05) is 39.0 Å². The maximum atomic E-state index is 12.1. The lowest BCUT2D eigenvalue weighted by Gasteiger charge is -2.40. The topological polar surface area (TPSA) is 53.0 Å². The number of rotatable bonds is 3. The van der Waals surface area contributed by atoms with Crippen molar-refractivity contribution in [3.05, 3.63) is 35.9 Å². The van der Waals surface area contributed by atoms with Crippen LogP contribution in [-0.4, -0.2) is 58.9 Å². The lowest BCUT2D eigenvalue weighted by atomic mass is 10.1. The Morgan fingerprint density at radius 1 is 1.27 bits per heavy atom. The molecule has 1 fully saturated rings. The number of aliphatic hydroxyl groups is 1. The van der Waals surface area contributed by atoms with Gasteiger partial charge in [-0.3, -0.25) is 4.90 Å². The van der Waals surface area contributed by atoms with Crippen LogP contribution < -0.4 is 0 Å². The molecule has 1 saturated heterocycles. The average molecular weight is 306 g/mol. The quantitative estimate of drug-likeness (QED) is 0.929. The minimum absolute atomic E-state index is 0.0339. The Morgan fingerprint density at radius 2 is 1.95 bits per heavy atom. The maximum Gasteiger partial charge on any atom is 0.410 e. The van der Waals surface area contributed by atoms with E-state index in [0.717, 1.165) is 13.1 Å². The fraction of sp³-hybridized carbons (Fsp3) is 0.588. The second-order valence-electron chi connectivity index (χ2n) is 6.72. The van der Waals surface area contributed by atoms with Crippen molar-refractivity contribution in [2.45, 2.75) is 39.0 Å². The van der Waals surface area contributed by atoms with Crippen LogP contribution in [-0.2, 0) is 11.3 Å². The number of carbonyl (C=O) groups is 1. The van der Waals surface area contributed by atoms with Gasteiger partial charge in [-0.25, -0.2) is 4.79 Å². The van der Waals surface area contributed by atoms with Crippen LogP contribution >= 0.6 is 0 Å². The first-order valence-corrected chi connectivity index (χ1v) is 7.76. The first-order valence-electron chi connectivity index (χ1n) is 7.76. The molecule has 0 saturated carbocycles. The number of ether oxygens (including phenoxy) is 1. The van der Waals surface area contributed by atoms with Crippen LogP contribution in [0.3, 0.4) is 0 Å². The van der Waals surface area contributed by atoms with Gasteiger partial charge in [0.15, 0.2) is 0 Å². The van der Waals surface area contributed by atoms with Crippen molar-refractivity contribution in [1.29, 1.82) is 0 Å². The minimum atomic E-state index is -0.493. The van der Waals surface area contributed by atoms with Gasteiger partial charge in [-0.2, -0.15) is 0 Å². The molecule has 1 heterocycles. The minimum Gasteiger partial charge on any atom is -0.444 e. The van der Waals surface area contributed by atoms with E-state index in [2.05, 4.69) is 17.0 Å². The van der Waals surface area contributed by atoms with Crippen LogP contribution in [0.25, 0.3) is 0 Å². The zero-order chi connectivity index (χ0) is 16.2. The predicted molar refractivity (Wildman–Crippen MR) is 85.5 cm³/mol. The van der Waals surface area contributed by atoms with Gasteiger partial charge in [-0.05, 0) is 26.3 Å². The largest absolute Gasteiger partial charge is 0.444 e. The number of carbonyl (C=O) groups excluding carboxylic acids is 1. The fourth-order valence-electron chi connectivity index (χ4n) is 2.58. The van der Waals surface area contributed by atoms with Gasteiger partial charge in [-0.15, -0.1) is 0 Å². The van der Waals surface area contributed by atoms with Crippen molar-refractivity contribution in [3.8, 4) is 0 Å². The van der Waals surface area contributed by atoms with E-state index in [1.165, 1.54) is 5.56 Å². The number of aliphatic hydroxyl groups excluding tert-OH is 1. The molecule has 1 amide bonds. The molecule has 122 valence electrons. The molecule has 2 rings (SSSR count). The SMILES string of the molecule is CC(C)(C)OC(=O)N1CCN(Cc2ccccc2)[C@@H](CO)C1. The summed E-state index contributed by atoms with van der Waals surface area (Å²) in [7, 11) is 0. The Balaban J connectivity index is 1.95. The average Bonchev–Trinajstić information content (AvgIpc) is 2.47. The predicted octanol–water partition coefficient (Wildman–Crippen LogP) is 2.10. The Morgan fingerprint density at radius 3 is 2.55 bits per heavy atom. The van der Waals surface area contributed by atoms with Gasteiger partial charge in [0.2, 0.25) is 0 Å². The van der Waals surface area contributed by atoms with E-state index in [-0.39, 0.29) is 18.7 Å². The van der Waals surface area contributed by atoms with Gasteiger partial charge >= 0.3 is 6.09 Å². The molecular formula is C17H26N2O3. The summed E-state index contributed by atoms with van der Waals surface area (Å²) in [5.41, 5.74) is 0.721. The monoisotopic (exact) mass is 306 g/mol. The highest BCUT2D eigenvalue weighted by Crippen LogP contribution is 2.17. The van der Waals surface area contributed by atoms with Crippen LogP contribution in [0.4, 0.5) is 4.79 Å². The van der Waals surface area contributed by atoms with Crippen molar-refractivity contribution >= 4 is 6.09 Å². The van der Waals surface area contributed by atoms with Gasteiger partial charge in [0.05, 0.1) is 12.6 Å². The fourth-order valence-corrected chi connectivity index (χ4v) is 2.58. The second-order valence-corrected chi connectivity index (χ2v) is 6.72. The molecule has 0 aromatic heterocycles. The van der Waals surface area contributed by atoms with Gasteiger partial charge < -0.3 is 14.7 Å². The van der Waals surface area contributed by atoms with Crippen LogP contribution in [0.2, 0.25) is 0 Å². The molecule has 0 aliphatic carbocycles. The van der Waals surface area contributed by atoms with E-state index in [1.54, 1.807) is 4.90 Å². The van der Waals surface area contributed by atoms with Crippen molar-refractivity contribution in [2.75, 3.05) is 26.2 Å². The number of hydrogen-bond donors (Lipinski definition) is 1. The maximum absolute atomic E-state index is 12.1. The van der Waals surface area contributed by atoms with E-state index >= 15 is 0 Å². The van der Waals surface area contributed by atoms with E-state index in [0.29, 0.717) is 13.1 Å². The Hall–Kier alpha value is -1.59. The third-order valence-electron chi connectivity index (χ3n) is 3.70. The summed E-state index contributed by atoms with van der Waals surface area (Å²) in [4.78, 5) is 16.1. The zero-order valence-corrected chi connectivity index (χ0v) is 13.7. The smallest absolute Gasteiger partial charge is 0.410 e. The lowest BCUT2D eigenvalue weighted by molar-refractivity contribution is -0.00609. The van der Waals surface area contributed by atoms with Crippen molar-refractivity contribution in [2.24, 2.45) is 0 Å². The summed E-state index contributed by atoms with van der Waals surface area (Å²) in [6, 6.07) is 10.1. The molecule has 0 spiro atoms. The highest BCUT2D eigenvalue weighted by molar-refractivity contribution is 5.68. The van der Waals surface area contributed by atoms with E-state index in [4.69, 9.17) is 4.74 Å². The van der Waals surface area contributed by atoms with Crippen LogP contribution in [0.15, 0.2) is 30.3 Å². The summed E-state index contributed by atoms with van der Waals surface area (Å²) in [5.74, 6) is 0. The van der Waals surface area contributed by atoms with Crippen molar-refractivity contribution in [1.82, 2.24) is 9.80 Å². The van der Waals surface area contributed by atoms with E-state index in [9.17, 15) is 9.90 Å². The first-order chi connectivity index (χ1) is 10.4. The molecule has 1 aliphatic rings. The second kappa shape index (κ2) is 7.11. The van der Waals surface area contributed by atoms with Gasteiger partial charge in [0.1, 0.15) is 5.60 Å². The Kier molecular flexibility index (Phi) is 5.42. The number of amides is 1. The molecule has 1 atom stereocenters. The van der Waals surface area contributed by atoms with Crippen LogP contribution in [0, 0.1) is 0 Å². The van der Waals surface area contributed by atoms with Crippen LogP contribution in [0.1, 0.15) is 26.3 Å². The number of hydrogen-bond acceptors (Lipinski definition) is 4. The standard InChI is InChI=1S/C17H26N2O3/c1-17(2,3)22-16(21)19-10-9-18(15(12-19)13-20)11-14-7-5-4-6-8-14/h4-8,15,20H,9-13H2,1-3H3/t15-/m1/s1. The highest BCUT2D eigenvalue weighted by atomic mass is 16.6. The highest BCUT2D eigenvalue weighted by Gasteiger charge is 2.31. The van der Waals surface area contributed by atoms with Crippen molar-refractivity contribution < 1.29 is 14.6 Å². The summed E-state index contributed by atoms with van der Waals surface area (Å²) < 4.78 is 5.41. The first kappa shape index (κ1) is 16.8. The van der Waals surface area contributed by atoms with Gasteiger partial charge in [0.25, 0.3) is 0 Å². The van der Waals surface area contributed by atoms with Gasteiger partial charge in [0, 0.05) is 26.2 Å². The van der Waals surface area contributed by atoms with Crippen molar-refractivity contribution in [3.63, 3.8) is 0 Å². The molecule has 0 bridgehead atoms. The zero-order valence-electron chi connectivity index (χ0n) is 13.7. The van der Waals surface area contributed by atoms with Gasteiger partial charge in [-0.1, -0.05) is 30.3 Å². The number of nitrogens with zero attached hydrogens (tertiary/aromatic N) is 2. The molecule has 0 radical (unpaired) electrons. The molecule has 5 nitrogen and oxygen atoms in total. The van der Waals surface area contributed by atoms with E-state index < -0.39 is 5.60 Å². The molecule has 0 unspecified atom stereocenters. The third-order valence-corrected chi connectivity index (χ3v) is 3.70. The lowest BCUT2D eigenvalue weighted by Crippen LogP contribution is -2.56. The third kappa shape index (κ3) is 4.71.